The van der Waals surface area contributed by atoms with E-state index in [4.69, 9.17) is 16.6 Å². The van der Waals surface area contributed by atoms with Crippen LogP contribution in [0.2, 0.25) is 0 Å². The van der Waals surface area contributed by atoms with Crippen LogP contribution in [0.15, 0.2) is 29.3 Å². The molecule has 0 bridgehead atoms. The summed E-state index contributed by atoms with van der Waals surface area (Å²) in [7, 11) is 0. The summed E-state index contributed by atoms with van der Waals surface area (Å²) in [6.45, 7) is 15.0. The van der Waals surface area contributed by atoms with Crippen molar-refractivity contribution in [3.8, 4) is 0 Å². The summed E-state index contributed by atoms with van der Waals surface area (Å²) in [4.78, 5) is 4.48. The van der Waals surface area contributed by atoms with Crippen molar-refractivity contribution in [2.75, 3.05) is 0 Å². The van der Waals surface area contributed by atoms with E-state index < -0.39 is 0 Å². The molecule has 0 aromatic heterocycles. The third kappa shape index (κ3) is 5.29. The Labute approximate surface area is 136 Å². The van der Waals surface area contributed by atoms with E-state index in [0.717, 1.165) is 19.3 Å². The molecule has 3 unspecified atom stereocenters. The van der Waals surface area contributed by atoms with Crippen molar-refractivity contribution in [1.29, 1.82) is 0 Å². The Hall–Kier alpha value is -0.560. The van der Waals surface area contributed by atoms with E-state index in [2.05, 4.69) is 53.5 Å². The van der Waals surface area contributed by atoms with E-state index in [1.807, 2.05) is 6.08 Å². The Morgan fingerprint density at radius 2 is 2.19 bits per heavy atom. The summed E-state index contributed by atoms with van der Waals surface area (Å²) in [5.74, 6) is 1.87. The lowest BCUT2D eigenvalue weighted by molar-refractivity contribution is 0.273. The molecule has 21 heavy (non-hydrogen) atoms. The summed E-state index contributed by atoms with van der Waals surface area (Å²) >= 11 is 6.77. The quantitative estimate of drug-likeness (QED) is 0.401. The van der Waals surface area contributed by atoms with Gasteiger partial charge in [-0.15, -0.1) is 11.6 Å². The number of rotatable bonds is 7. The number of hydrogen-bond donors (Lipinski definition) is 0. The van der Waals surface area contributed by atoms with Crippen LogP contribution in [-0.4, -0.2) is 17.1 Å². The number of allylic oxidation sites excluding steroid dienone is 3. The summed E-state index contributed by atoms with van der Waals surface area (Å²) in [6.07, 6.45) is 10.5. The Morgan fingerprint density at radius 3 is 2.71 bits per heavy atom. The van der Waals surface area contributed by atoms with Crippen LogP contribution in [0.5, 0.6) is 0 Å². The second-order valence-electron chi connectivity index (χ2n) is 7.02. The van der Waals surface area contributed by atoms with E-state index in [-0.39, 0.29) is 4.87 Å². The Bertz CT molecular complexity index is 392. The second kappa shape index (κ2) is 8.17. The van der Waals surface area contributed by atoms with Gasteiger partial charge in [0.25, 0.3) is 0 Å². The van der Waals surface area contributed by atoms with E-state index in [9.17, 15) is 0 Å². The maximum absolute atomic E-state index is 6.77. The third-order valence-corrected chi connectivity index (χ3v) is 5.20. The van der Waals surface area contributed by atoms with Gasteiger partial charge in [0, 0.05) is 12.3 Å². The third-order valence-electron chi connectivity index (χ3n) is 4.77. The van der Waals surface area contributed by atoms with Crippen molar-refractivity contribution < 1.29 is 0 Å². The van der Waals surface area contributed by atoms with E-state index in [1.165, 1.54) is 12.0 Å². The second-order valence-corrected chi connectivity index (χ2v) is 7.86. The minimum atomic E-state index is -0.257. The van der Waals surface area contributed by atoms with Crippen molar-refractivity contribution in [3.63, 3.8) is 0 Å². The lowest BCUT2D eigenvalue weighted by Gasteiger charge is -2.34. The zero-order valence-electron chi connectivity index (χ0n) is 14.4. The van der Waals surface area contributed by atoms with Gasteiger partial charge in [-0.25, -0.2) is 0 Å². The van der Waals surface area contributed by atoms with Crippen molar-refractivity contribution >= 4 is 17.8 Å². The maximum atomic E-state index is 6.77. The van der Waals surface area contributed by atoms with Crippen LogP contribution in [0.3, 0.4) is 0 Å². The number of aliphatic imine (C=N–C) groups is 1. The number of halogens is 1. The van der Waals surface area contributed by atoms with Gasteiger partial charge in [-0.3, -0.25) is 4.99 Å². The van der Waals surface area contributed by atoms with Crippen LogP contribution in [0.4, 0.5) is 0 Å². The first-order valence-electron chi connectivity index (χ1n) is 8.36. The molecule has 0 spiro atoms. The van der Waals surface area contributed by atoms with E-state index >= 15 is 0 Å². The zero-order chi connectivity index (χ0) is 16.0. The van der Waals surface area contributed by atoms with E-state index in [1.54, 1.807) is 0 Å². The molecule has 2 heteroatoms. The van der Waals surface area contributed by atoms with Crippen molar-refractivity contribution in [2.24, 2.45) is 22.7 Å². The zero-order valence-corrected chi connectivity index (χ0v) is 15.2. The monoisotopic (exact) mass is 309 g/mol. The normalized spacial score (nSPS) is 29.5. The highest BCUT2D eigenvalue weighted by Crippen LogP contribution is 2.37. The van der Waals surface area contributed by atoms with Crippen LogP contribution in [0, 0.1) is 17.8 Å². The summed E-state index contributed by atoms with van der Waals surface area (Å²) in [5.41, 5.74) is 1.30. The summed E-state index contributed by atoms with van der Waals surface area (Å²) in [5, 5.41) is 0. The lowest BCUT2D eigenvalue weighted by atomic mass is 9.77. The predicted molar refractivity (Wildman–Crippen MR) is 96.5 cm³/mol. The van der Waals surface area contributed by atoms with Gasteiger partial charge in [-0.1, -0.05) is 45.9 Å². The molecule has 0 N–H and O–H groups in total. The molecule has 120 valence electrons. The molecule has 0 aliphatic carbocycles. The van der Waals surface area contributed by atoms with Gasteiger partial charge < -0.3 is 0 Å². The molecule has 1 nitrogen and oxygen atoms in total. The minimum absolute atomic E-state index is 0.257. The molecule has 4 atom stereocenters. The average Bonchev–Trinajstić information content (AvgIpc) is 2.39. The Morgan fingerprint density at radius 1 is 1.52 bits per heavy atom. The Balaban J connectivity index is 2.84. The molecule has 0 radical (unpaired) electrons. The molecule has 0 fully saturated rings. The van der Waals surface area contributed by atoms with Gasteiger partial charge in [0.05, 0.1) is 4.87 Å². The largest absolute Gasteiger partial charge is 0.294 e. The SMILES string of the molecule is C=C/C=C(\C[C@@H]1C=NC(C)C(C(C)C)C1)C(C)(Cl)CCC. The molecule has 1 rings (SSSR count). The summed E-state index contributed by atoms with van der Waals surface area (Å²) in [6, 6.07) is 0.450. The molecule has 0 aromatic carbocycles. The van der Waals surface area contributed by atoms with Crippen molar-refractivity contribution in [1.82, 2.24) is 0 Å². The topological polar surface area (TPSA) is 12.4 Å². The standard InChI is InChI=1S/C19H32ClN/c1-7-9-17(19(6,20)10-8-2)11-16-12-18(14(3)4)15(5)21-13-16/h7,9,13-16,18H,1,8,10-12H2,2-6H3/b17-9+/t15?,16-,18?,19?/m0/s1. The van der Waals surface area contributed by atoms with Crippen molar-refractivity contribution in [3.05, 3.63) is 24.3 Å². The predicted octanol–water partition coefficient (Wildman–Crippen LogP) is 6.04. The van der Waals surface area contributed by atoms with Gasteiger partial charge >= 0.3 is 0 Å². The van der Waals surface area contributed by atoms with Gasteiger partial charge in [0.2, 0.25) is 0 Å². The van der Waals surface area contributed by atoms with Crippen LogP contribution in [0.1, 0.15) is 60.3 Å². The van der Waals surface area contributed by atoms with Crippen molar-refractivity contribution in [2.45, 2.75) is 71.2 Å². The highest BCUT2D eigenvalue weighted by molar-refractivity contribution is 6.25. The Kier molecular flexibility index (Phi) is 7.20. The molecule has 0 amide bonds. The van der Waals surface area contributed by atoms with Gasteiger partial charge in [0.1, 0.15) is 0 Å². The van der Waals surface area contributed by atoms with Crippen LogP contribution >= 0.6 is 11.6 Å². The molecular weight excluding hydrogens is 278 g/mol. The highest BCUT2D eigenvalue weighted by atomic mass is 35.5. The van der Waals surface area contributed by atoms with Crippen LogP contribution in [-0.2, 0) is 0 Å². The average molecular weight is 310 g/mol. The fraction of sp³-hybridized carbons (Fsp3) is 0.737. The van der Waals surface area contributed by atoms with E-state index in [0.29, 0.717) is 23.8 Å². The minimum Gasteiger partial charge on any atom is -0.294 e. The number of hydrogen-bond acceptors (Lipinski definition) is 1. The maximum Gasteiger partial charge on any atom is 0.0630 e. The molecule has 0 saturated heterocycles. The number of alkyl halides is 1. The van der Waals surface area contributed by atoms with Gasteiger partial charge in [-0.2, -0.15) is 0 Å². The molecule has 1 aliphatic rings. The molecule has 0 saturated carbocycles. The first kappa shape index (κ1) is 18.5. The highest BCUT2D eigenvalue weighted by Gasteiger charge is 2.31. The molecule has 0 aromatic rings. The smallest absolute Gasteiger partial charge is 0.0630 e. The first-order valence-corrected chi connectivity index (χ1v) is 8.73. The fourth-order valence-corrected chi connectivity index (χ4v) is 3.78. The fourth-order valence-electron chi connectivity index (χ4n) is 3.45. The summed E-state index contributed by atoms with van der Waals surface area (Å²) < 4.78 is 0. The molecule has 1 heterocycles. The van der Waals surface area contributed by atoms with Gasteiger partial charge in [-0.05, 0) is 56.4 Å². The molecular formula is C19H32ClN. The lowest BCUT2D eigenvalue weighted by Crippen LogP contribution is -2.31. The van der Waals surface area contributed by atoms with Crippen LogP contribution < -0.4 is 0 Å². The van der Waals surface area contributed by atoms with Gasteiger partial charge in [0.15, 0.2) is 0 Å². The first-order chi connectivity index (χ1) is 9.81. The van der Waals surface area contributed by atoms with Crippen LogP contribution in [0.25, 0.3) is 0 Å². The molecule has 1 aliphatic heterocycles. The number of nitrogens with zero attached hydrogens (tertiary/aromatic N) is 1.